The molecule has 0 bridgehead atoms. The quantitative estimate of drug-likeness (QED) is 0.761. The molecule has 2 aromatic rings. The summed E-state index contributed by atoms with van der Waals surface area (Å²) in [6.45, 7) is 4.75. The molecule has 0 N–H and O–H groups in total. The SMILES string of the molecule is CCOc1ccc(C(C)N(C)C(=O)C2CC(=O)N(c3cccc(F)c3)C2)cc1. The second kappa shape index (κ2) is 8.42. The van der Waals surface area contributed by atoms with Crippen LogP contribution in [0.3, 0.4) is 0 Å². The van der Waals surface area contributed by atoms with Gasteiger partial charge in [0, 0.05) is 25.7 Å². The molecule has 0 aliphatic carbocycles. The topological polar surface area (TPSA) is 49.9 Å². The minimum absolute atomic E-state index is 0.0892. The number of anilines is 1. The smallest absolute Gasteiger partial charge is 0.228 e. The maximum Gasteiger partial charge on any atom is 0.228 e. The molecular weight excluding hydrogens is 359 g/mol. The molecular formula is C22H25FN2O3. The van der Waals surface area contributed by atoms with Gasteiger partial charge in [0.1, 0.15) is 11.6 Å². The molecule has 28 heavy (non-hydrogen) atoms. The van der Waals surface area contributed by atoms with Gasteiger partial charge < -0.3 is 14.5 Å². The number of hydrogen-bond donors (Lipinski definition) is 0. The van der Waals surface area contributed by atoms with E-state index in [2.05, 4.69) is 0 Å². The van der Waals surface area contributed by atoms with Gasteiger partial charge in [0.25, 0.3) is 0 Å². The monoisotopic (exact) mass is 384 g/mol. The number of amides is 2. The fourth-order valence-corrected chi connectivity index (χ4v) is 3.48. The number of benzene rings is 2. The first kappa shape index (κ1) is 19.9. The molecule has 0 spiro atoms. The summed E-state index contributed by atoms with van der Waals surface area (Å²) in [6, 6.07) is 13.4. The third-order valence-corrected chi connectivity index (χ3v) is 5.20. The van der Waals surface area contributed by atoms with Crippen LogP contribution in [0.4, 0.5) is 10.1 Å². The van der Waals surface area contributed by atoms with E-state index in [9.17, 15) is 14.0 Å². The van der Waals surface area contributed by atoms with Crippen LogP contribution in [0.5, 0.6) is 5.75 Å². The van der Waals surface area contributed by atoms with Crippen molar-refractivity contribution in [3.63, 3.8) is 0 Å². The van der Waals surface area contributed by atoms with Gasteiger partial charge in [-0.2, -0.15) is 0 Å². The molecule has 0 saturated carbocycles. The number of carbonyl (C=O) groups excluding carboxylic acids is 2. The Morgan fingerprint density at radius 1 is 1.29 bits per heavy atom. The van der Waals surface area contributed by atoms with Crippen LogP contribution < -0.4 is 9.64 Å². The van der Waals surface area contributed by atoms with Gasteiger partial charge >= 0.3 is 0 Å². The molecule has 2 unspecified atom stereocenters. The summed E-state index contributed by atoms with van der Waals surface area (Å²) in [4.78, 5) is 28.5. The Kier molecular flexibility index (Phi) is 5.97. The van der Waals surface area contributed by atoms with Crippen molar-refractivity contribution in [2.24, 2.45) is 5.92 Å². The molecule has 1 aliphatic heterocycles. The average molecular weight is 384 g/mol. The van der Waals surface area contributed by atoms with Gasteiger partial charge in [0.05, 0.1) is 18.6 Å². The van der Waals surface area contributed by atoms with E-state index in [0.717, 1.165) is 11.3 Å². The molecule has 1 fully saturated rings. The first-order chi connectivity index (χ1) is 13.4. The molecule has 5 nitrogen and oxygen atoms in total. The van der Waals surface area contributed by atoms with Crippen molar-refractivity contribution in [2.75, 3.05) is 25.1 Å². The third-order valence-electron chi connectivity index (χ3n) is 5.20. The Hall–Kier alpha value is -2.89. The molecule has 2 atom stereocenters. The highest BCUT2D eigenvalue weighted by molar-refractivity contribution is 6.00. The van der Waals surface area contributed by atoms with Crippen molar-refractivity contribution in [1.29, 1.82) is 0 Å². The maximum absolute atomic E-state index is 13.5. The Bertz CT molecular complexity index is 853. The zero-order valence-corrected chi connectivity index (χ0v) is 16.4. The van der Waals surface area contributed by atoms with E-state index < -0.39 is 11.7 Å². The summed E-state index contributed by atoms with van der Waals surface area (Å²) < 4.78 is 18.9. The molecule has 2 aromatic carbocycles. The van der Waals surface area contributed by atoms with E-state index >= 15 is 0 Å². The van der Waals surface area contributed by atoms with Crippen LogP contribution in [-0.4, -0.2) is 36.9 Å². The summed E-state index contributed by atoms with van der Waals surface area (Å²) in [6.07, 6.45) is 0.135. The van der Waals surface area contributed by atoms with Crippen LogP contribution in [0.25, 0.3) is 0 Å². The lowest BCUT2D eigenvalue weighted by molar-refractivity contribution is -0.136. The zero-order valence-electron chi connectivity index (χ0n) is 16.4. The standard InChI is InChI=1S/C22H25FN2O3/c1-4-28-20-10-8-16(9-11-20)15(2)24(3)22(27)17-12-21(26)25(14-17)19-7-5-6-18(23)13-19/h5-11,13,15,17H,4,12,14H2,1-3H3. The Labute approximate surface area is 164 Å². The van der Waals surface area contributed by atoms with Gasteiger partial charge in [-0.05, 0) is 49.7 Å². The first-order valence-electron chi connectivity index (χ1n) is 9.46. The van der Waals surface area contributed by atoms with Crippen LogP contribution in [0.15, 0.2) is 48.5 Å². The Morgan fingerprint density at radius 2 is 2.00 bits per heavy atom. The Morgan fingerprint density at radius 3 is 2.64 bits per heavy atom. The second-order valence-electron chi connectivity index (χ2n) is 7.01. The second-order valence-corrected chi connectivity index (χ2v) is 7.01. The number of halogens is 1. The average Bonchev–Trinajstić information content (AvgIpc) is 3.09. The van der Waals surface area contributed by atoms with Crippen LogP contribution in [0, 0.1) is 11.7 Å². The number of rotatable bonds is 6. The van der Waals surface area contributed by atoms with Crippen molar-refractivity contribution in [1.82, 2.24) is 4.90 Å². The molecule has 0 radical (unpaired) electrons. The molecule has 0 aromatic heterocycles. The third kappa shape index (κ3) is 4.16. The lowest BCUT2D eigenvalue weighted by Gasteiger charge is -2.28. The summed E-state index contributed by atoms with van der Waals surface area (Å²) >= 11 is 0. The van der Waals surface area contributed by atoms with Crippen molar-refractivity contribution in [3.8, 4) is 5.75 Å². The van der Waals surface area contributed by atoms with Gasteiger partial charge in [-0.3, -0.25) is 9.59 Å². The molecule has 6 heteroatoms. The first-order valence-corrected chi connectivity index (χ1v) is 9.46. The maximum atomic E-state index is 13.5. The number of ether oxygens (including phenoxy) is 1. The highest BCUT2D eigenvalue weighted by Crippen LogP contribution is 2.29. The van der Waals surface area contributed by atoms with Crippen LogP contribution >= 0.6 is 0 Å². The zero-order chi connectivity index (χ0) is 20.3. The van der Waals surface area contributed by atoms with E-state index in [0.29, 0.717) is 12.3 Å². The fraction of sp³-hybridized carbons (Fsp3) is 0.364. The van der Waals surface area contributed by atoms with Gasteiger partial charge in [-0.15, -0.1) is 0 Å². The summed E-state index contributed by atoms with van der Waals surface area (Å²) in [7, 11) is 1.75. The van der Waals surface area contributed by atoms with Gasteiger partial charge in [-0.1, -0.05) is 18.2 Å². The van der Waals surface area contributed by atoms with Crippen molar-refractivity contribution in [3.05, 3.63) is 59.9 Å². The van der Waals surface area contributed by atoms with Gasteiger partial charge in [0.15, 0.2) is 0 Å². The molecule has 1 saturated heterocycles. The van der Waals surface area contributed by atoms with E-state index in [-0.39, 0.29) is 30.8 Å². The lowest BCUT2D eigenvalue weighted by Crippen LogP contribution is -2.36. The largest absolute Gasteiger partial charge is 0.494 e. The molecule has 2 amide bonds. The van der Waals surface area contributed by atoms with Crippen molar-refractivity contribution in [2.45, 2.75) is 26.3 Å². The summed E-state index contributed by atoms with van der Waals surface area (Å²) in [5, 5.41) is 0. The predicted molar refractivity (Wildman–Crippen MR) is 106 cm³/mol. The molecule has 148 valence electrons. The highest BCUT2D eigenvalue weighted by Gasteiger charge is 2.37. The van der Waals surface area contributed by atoms with Crippen molar-refractivity contribution < 1.29 is 18.7 Å². The van der Waals surface area contributed by atoms with E-state index in [4.69, 9.17) is 4.74 Å². The summed E-state index contributed by atoms with van der Waals surface area (Å²) in [5.41, 5.74) is 1.48. The molecule has 3 rings (SSSR count). The predicted octanol–water partition coefficient (Wildman–Crippen LogP) is 3.80. The molecule has 1 aliphatic rings. The van der Waals surface area contributed by atoms with E-state index in [1.165, 1.54) is 17.0 Å². The van der Waals surface area contributed by atoms with Crippen LogP contribution in [0.2, 0.25) is 0 Å². The minimum Gasteiger partial charge on any atom is -0.494 e. The highest BCUT2D eigenvalue weighted by atomic mass is 19.1. The van der Waals surface area contributed by atoms with E-state index in [1.807, 2.05) is 38.1 Å². The van der Waals surface area contributed by atoms with Gasteiger partial charge in [-0.25, -0.2) is 4.39 Å². The lowest BCUT2D eigenvalue weighted by atomic mass is 10.0. The number of hydrogen-bond acceptors (Lipinski definition) is 3. The summed E-state index contributed by atoms with van der Waals surface area (Å²) in [5.74, 6) is -0.300. The van der Waals surface area contributed by atoms with E-state index in [1.54, 1.807) is 24.1 Å². The fourth-order valence-electron chi connectivity index (χ4n) is 3.48. The van der Waals surface area contributed by atoms with Crippen LogP contribution in [-0.2, 0) is 9.59 Å². The Balaban J connectivity index is 1.68. The van der Waals surface area contributed by atoms with Crippen molar-refractivity contribution >= 4 is 17.5 Å². The number of nitrogens with zero attached hydrogens (tertiary/aromatic N) is 2. The minimum atomic E-state index is -0.439. The van der Waals surface area contributed by atoms with Crippen LogP contribution in [0.1, 0.15) is 31.9 Å². The molecule has 1 heterocycles. The normalized spacial score (nSPS) is 17.5. The van der Waals surface area contributed by atoms with Gasteiger partial charge in [0.2, 0.25) is 11.8 Å². The number of carbonyl (C=O) groups is 2.